The summed E-state index contributed by atoms with van der Waals surface area (Å²) in [6.07, 6.45) is 10.9. The molecule has 0 aromatic carbocycles. The molecule has 0 aliphatic heterocycles. The number of rotatable bonds is 8. The van der Waals surface area contributed by atoms with Crippen molar-refractivity contribution in [2.45, 2.75) is 51.9 Å². The molecule has 0 amide bonds. The van der Waals surface area contributed by atoms with E-state index < -0.39 is 5.97 Å². The average molecular weight is 183 g/mol. The van der Waals surface area contributed by atoms with Crippen molar-refractivity contribution in [3.63, 3.8) is 0 Å². The second-order valence-electron chi connectivity index (χ2n) is 3.25. The van der Waals surface area contributed by atoms with Gasteiger partial charge in [0.05, 0.1) is 6.42 Å². The maximum absolute atomic E-state index is 10.0. The van der Waals surface area contributed by atoms with Crippen LogP contribution in [0.1, 0.15) is 51.9 Å². The summed E-state index contributed by atoms with van der Waals surface area (Å²) in [5, 5.41) is 10.0. The predicted octanol–water partition coefficient (Wildman–Crippen LogP) is 3.25. The first-order valence-corrected chi connectivity index (χ1v) is 5.12. The molecule has 1 radical (unpaired) electrons. The summed E-state index contributed by atoms with van der Waals surface area (Å²) >= 11 is 0. The molecule has 0 spiro atoms. The lowest BCUT2D eigenvalue weighted by atomic mass is 10.1. The van der Waals surface area contributed by atoms with Crippen LogP contribution in [0.3, 0.4) is 0 Å². The van der Waals surface area contributed by atoms with E-state index in [9.17, 15) is 9.90 Å². The van der Waals surface area contributed by atoms with Crippen LogP contribution in [0.15, 0.2) is 12.2 Å². The Morgan fingerprint density at radius 3 is 2.38 bits per heavy atom. The molecule has 0 aliphatic rings. The summed E-state index contributed by atoms with van der Waals surface area (Å²) in [6.45, 7) is 2.19. The second-order valence-corrected chi connectivity index (χ2v) is 3.25. The van der Waals surface area contributed by atoms with Crippen LogP contribution in [0.25, 0.3) is 0 Å². The Balaban J connectivity index is 3.06. The highest BCUT2D eigenvalue weighted by atomic mass is 16.4. The molecule has 2 nitrogen and oxygen atoms in total. The molecule has 13 heavy (non-hydrogen) atoms. The van der Waals surface area contributed by atoms with Gasteiger partial charge in [-0.3, -0.25) is 0 Å². The van der Waals surface area contributed by atoms with Gasteiger partial charge in [-0.25, -0.2) is 9.90 Å². The molecule has 0 unspecified atom stereocenters. The lowest BCUT2D eigenvalue weighted by Gasteiger charge is -1.95. The lowest BCUT2D eigenvalue weighted by Crippen LogP contribution is -1.86. The van der Waals surface area contributed by atoms with Gasteiger partial charge in [0.2, 0.25) is 0 Å². The number of hydrogen-bond acceptors (Lipinski definition) is 1. The lowest BCUT2D eigenvalue weighted by molar-refractivity contribution is -0.142. The van der Waals surface area contributed by atoms with E-state index in [1.165, 1.54) is 32.1 Å². The normalized spacial score (nSPS) is 10.8. The monoisotopic (exact) mass is 183 g/mol. The maximum Gasteiger partial charge on any atom is 0.359 e. The van der Waals surface area contributed by atoms with Crippen molar-refractivity contribution in [2.24, 2.45) is 0 Å². The smallest absolute Gasteiger partial charge is 0.247 e. The fraction of sp³-hybridized carbons (Fsp3) is 0.727. The number of carbonyl (C=O) groups excluding carboxylic acids is 1. The van der Waals surface area contributed by atoms with Crippen LogP contribution in [-0.2, 0) is 9.90 Å². The molecule has 75 valence electrons. The molecule has 0 atom stereocenters. The Labute approximate surface area is 80.7 Å². The van der Waals surface area contributed by atoms with Crippen LogP contribution < -0.4 is 0 Å². The van der Waals surface area contributed by atoms with Crippen LogP contribution in [0.2, 0.25) is 0 Å². The zero-order valence-electron chi connectivity index (χ0n) is 8.42. The van der Waals surface area contributed by atoms with Crippen molar-refractivity contribution in [2.75, 3.05) is 0 Å². The fourth-order valence-electron chi connectivity index (χ4n) is 1.16. The molecule has 0 aliphatic carbocycles. The highest BCUT2D eigenvalue weighted by Crippen LogP contribution is 2.05. The molecule has 0 N–H and O–H groups in total. The maximum atomic E-state index is 10.0. The number of unbranched alkanes of at least 4 members (excludes halogenated alkanes) is 5. The van der Waals surface area contributed by atoms with Crippen molar-refractivity contribution >= 4 is 5.97 Å². The van der Waals surface area contributed by atoms with E-state index in [1.807, 2.05) is 6.08 Å². The van der Waals surface area contributed by atoms with Gasteiger partial charge in [-0.1, -0.05) is 44.8 Å². The number of carbonyl (C=O) groups is 1. The molecule has 0 aromatic rings. The Kier molecular flexibility index (Phi) is 8.73. The minimum Gasteiger partial charge on any atom is -0.247 e. The summed E-state index contributed by atoms with van der Waals surface area (Å²) in [5.41, 5.74) is 0. The summed E-state index contributed by atoms with van der Waals surface area (Å²) in [5.74, 6) is -0.998. The van der Waals surface area contributed by atoms with Gasteiger partial charge >= 0.3 is 5.97 Å². The molecule has 2 heteroatoms. The van der Waals surface area contributed by atoms with Gasteiger partial charge in [-0.05, 0) is 12.8 Å². The molecule has 0 heterocycles. The summed E-state index contributed by atoms with van der Waals surface area (Å²) in [6, 6.07) is 0. The Hall–Kier alpha value is -0.790. The number of allylic oxidation sites excluding steroid dienone is 1. The summed E-state index contributed by atoms with van der Waals surface area (Å²) in [4.78, 5) is 10.0. The highest BCUT2D eigenvalue weighted by Gasteiger charge is 1.92. The van der Waals surface area contributed by atoms with Crippen molar-refractivity contribution in [3.05, 3.63) is 12.2 Å². The summed E-state index contributed by atoms with van der Waals surface area (Å²) in [7, 11) is 0. The van der Waals surface area contributed by atoms with E-state index >= 15 is 0 Å². The molecule has 0 saturated carbocycles. The van der Waals surface area contributed by atoms with Crippen LogP contribution in [-0.4, -0.2) is 5.97 Å². The SMILES string of the molecule is CCCCCCC/C=C\CC([O])=O. The minimum atomic E-state index is -0.998. The van der Waals surface area contributed by atoms with Crippen molar-refractivity contribution in [3.8, 4) is 0 Å². The molecule has 0 bridgehead atoms. The van der Waals surface area contributed by atoms with Crippen LogP contribution in [0.4, 0.5) is 0 Å². The Morgan fingerprint density at radius 2 is 1.77 bits per heavy atom. The van der Waals surface area contributed by atoms with Gasteiger partial charge in [0.25, 0.3) is 0 Å². The van der Waals surface area contributed by atoms with Crippen LogP contribution >= 0.6 is 0 Å². The third-order valence-corrected chi connectivity index (χ3v) is 1.93. The van der Waals surface area contributed by atoms with E-state index in [1.54, 1.807) is 6.08 Å². The van der Waals surface area contributed by atoms with Gasteiger partial charge in [-0.15, -0.1) is 0 Å². The van der Waals surface area contributed by atoms with Gasteiger partial charge < -0.3 is 0 Å². The minimum absolute atomic E-state index is 0.0506. The Morgan fingerprint density at radius 1 is 1.08 bits per heavy atom. The molecule has 0 fully saturated rings. The zero-order chi connectivity index (χ0) is 9.94. The Bertz CT molecular complexity index is 150. The average Bonchev–Trinajstić information content (AvgIpc) is 2.09. The highest BCUT2D eigenvalue weighted by molar-refractivity contribution is 5.68. The van der Waals surface area contributed by atoms with Crippen molar-refractivity contribution < 1.29 is 9.90 Å². The molecule has 0 rings (SSSR count). The zero-order valence-corrected chi connectivity index (χ0v) is 8.42. The molecular formula is C11H19O2. The van der Waals surface area contributed by atoms with E-state index in [2.05, 4.69) is 6.92 Å². The number of hydrogen-bond donors (Lipinski definition) is 0. The fourth-order valence-corrected chi connectivity index (χ4v) is 1.16. The first-order valence-electron chi connectivity index (χ1n) is 5.12. The third kappa shape index (κ3) is 11.2. The summed E-state index contributed by atoms with van der Waals surface area (Å²) < 4.78 is 0. The first-order chi connectivity index (χ1) is 6.27. The van der Waals surface area contributed by atoms with Crippen molar-refractivity contribution in [1.82, 2.24) is 0 Å². The van der Waals surface area contributed by atoms with Crippen LogP contribution in [0, 0.1) is 0 Å². The second kappa shape index (κ2) is 9.30. The van der Waals surface area contributed by atoms with Gasteiger partial charge in [-0.2, -0.15) is 0 Å². The molecule has 0 aromatic heterocycles. The van der Waals surface area contributed by atoms with E-state index in [0.717, 1.165) is 6.42 Å². The van der Waals surface area contributed by atoms with Gasteiger partial charge in [0, 0.05) is 0 Å². The van der Waals surface area contributed by atoms with E-state index in [-0.39, 0.29) is 6.42 Å². The third-order valence-electron chi connectivity index (χ3n) is 1.93. The molecular weight excluding hydrogens is 164 g/mol. The molecule has 0 saturated heterocycles. The van der Waals surface area contributed by atoms with Crippen molar-refractivity contribution in [1.29, 1.82) is 0 Å². The van der Waals surface area contributed by atoms with E-state index in [0.29, 0.717) is 0 Å². The van der Waals surface area contributed by atoms with Crippen LogP contribution in [0.5, 0.6) is 0 Å². The standard InChI is InChI=1S/C11H19O2/c1-2-3-4-5-6-7-8-9-10-11(12)13/h8-9H,2-7,10H2,1H3/b9-8-. The topological polar surface area (TPSA) is 37.0 Å². The van der Waals surface area contributed by atoms with E-state index in [4.69, 9.17) is 0 Å². The van der Waals surface area contributed by atoms with Gasteiger partial charge in [0.15, 0.2) is 0 Å². The predicted molar refractivity (Wildman–Crippen MR) is 52.8 cm³/mol. The first kappa shape index (κ1) is 12.2. The van der Waals surface area contributed by atoms with Gasteiger partial charge in [0.1, 0.15) is 0 Å². The quantitative estimate of drug-likeness (QED) is 0.420. The largest absolute Gasteiger partial charge is 0.359 e.